The number of nitrogens with zero attached hydrogens (tertiary/aromatic N) is 1. The molecule has 134 valence electrons. The molecule has 0 aliphatic carbocycles. The fourth-order valence-corrected chi connectivity index (χ4v) is 3.01. The molecule has 0 aliphatic rings. The molecule has 3 rings (SSSR count). The Kier molecular flexibility index (Phi) is 5.87. The average molecular weight is 348 g/mol. The lowest BCUT2D eigenvalue weighted by atomic mass is 10.0. The Labute approximate surface area is 154 Å². The lowest BCUT2D eigenvalue weighted by Crippen LogP contribution is -2.27. The molecule has 2 aromatic carbocycles. The minimum Gasteiger partial charge on any atom is -0.387 e. The van der Waals surface area contributed by atoms with Crippen molar-refractivity contribution in [1.29, 1.82) is 0 Å². The number of carbonyl (C=O) groups excluding carboxylic acids is 1. The summed E-state index contributed by atoms with van der Waals surface area (Å²) in [5.74, 6) is -0.0310. The molecule has 3 aromatic rings. The number of aliphatic hydroxyl groups is 1. The Hall–Kier alpha value is -2.85. The Morgan fingerprint density at radius 3 is 2.35 bits per heavy atom. The summed E-state index contributed by atoms with van der Waals surface area (Å²) in [7, 11) is 1.90. The number of aromatic nitrogens is 1. The Morgan fingerprint density at radius 2 is 1.69 bits per heavy atom. The largest absolute Gasteiger partial charge is 0.387 e. The summed E-state index contributed by atoms with van der Waals surface area (Å²) in [5, 5.41) is 13.0. The summed E-state index contributed by atoms with van der Waals surface area (Å²) < 4.78 is 1.89. The number of benzene rings is 2. The van der Waals surface area contributed by atoms with Crippen molar-refractivity contribution in [1.82, 2.24) is 9.88 Å². The first kappa shape index (κ1) is 18.0. The molecule has 1 unspecified atom stereocenters. The van der Waals surface area contributed by atoms with Crippen LogP contribution in [0.1, 0.15) is 23.8 Å². The van der Waals surface area contributed by atoms with Gasteiger partial charge in [-0.05, 0) is 35.2 Å². The topological polar surface area (TPSA) is 54.3 Å². The van der Waals surface area contributed by atoms with Crippen molar-refractivity contribution in [2.24, 2.45) is 7.05 Å². The lowest BCUT2D eigenvalue weighted by molar-refractivity contribution is -0.120. The van der Waals surface area contributed by atoms with Gasteiger partial charge in [-0.3, -0.25) is 4.79 Å². The van der Waals surface area contributed by atoms with E-state index in [0.29, 0.717) is 19.4 Å². The first-order valence-electron chi connectivity index (χ1n) is 8.84. The van der Waals surface area contributed by atoms with Crippen LogP contribution < -0.4 is 5.32 Å². The van der Waals surface area contributed by atoms with E-state index in [1.165, 1.54) is 0 Å². The highest BCUT2D eigenvalue weighted by Crippen LogP contribution is 2.19. The number of rotatable bonds is 7. The number of hydrogen-bond acceptors (Lipinski definition) is 2. The molecular weight excluding hydrogens is 324 g/mol. The normalized spacial score (nSPS) is 11.9. The number of hydrogen-bond donors (Lipinski definition) is 2. The summed E-state index contributed by atoms with van der Waals surface area (Å²) in [5.41, 5.74) is 4.14. The second-order valence-electron chi connectivity index (χ2n) is 6.44. The third-order valence-electron chi connectivity index (χ3n) is 4.49. The SMILES string of the molecule is Cn1cccc1C(O)CCNC(=O)Cc1ccc(-c2ccccc2)cc1. The molecule has 4 nitrogen and oxygen atoms in total. The van der Waals surface area contributed by atoms with Crippen LogP contribution in [0.5, 0.6) is 0 Å². The summed E-state index contributed by atoms with van der Waals surface area (Å²) in [6, 6.07) is 22.0. The number of carbonyl (C=O) groups is 1. The highest BCUT2D eigenvalue weighted by atomic mass is 16.3. The maximum Gasteiger partial charge on any atom is 0.224 e. The highest BCUT2D eigenvalue weighted by molar-refractivity contribution is 5.78. The summed E-state index contributed by atoms with van der Waals surface area (Å²) in [6.07, 6.45) is 2.17. The minimum absolute atomic E-state index is 0.0310. The fourth-order valence-electron chi connectivity index (χ4n) is 3.01. The molecule has 0 radical (unpaired) electrons. The molecule has 4 heteroatoms. The fraction of sp³-hybridized carbons (Fsp3) is 0.227. The standard InChI is InChI=1S/C22H24N2O2/c1-24-15-5-8-20(24)21(25)13-14-23-22(26)16-17-9-11-19(12-10-17)18-6-3-2-4-7-18/h2-12,15,21,25H,13-14,16H2,1H3,(H,23,26). The van der Waals surface area contributed by atoms with Crippen molar-refractivity contribution in [3.05, 3.63) is 84.2 Å². The predicted molar refractivity (Wildman–Crippen MR) is 104 cm³/mol. The van der Waals surface area contributed by atoms with Crippen molar-refractivity contribution in [3.63, 3.8) is 0 Å². The molecule has 0 aliphatic heterocycles. The maximum atomic E-state index is 12.1. The number of nitrogens with one attached hydrogen (secondary N) is 1. The summed E-state index contributed by atoms with van der Waals surface area (Å²) in [6.45, 7) is 0.452. The summed E-state index contributed by atoms with van der Waals surface area (Å²) in [4.78, 5) is 12.1. The molecule has 0 saturated heterocycles. The van der Waals surface area contributed by atoms with Gasteiger partial charge >= 0.3 is 0 Å². The number of amides is 1. The minimum atomic E-state index is -0.569. The van der Waals surface area contributed by atoms with Crippen molar-refractivity contribution in [3.8, 4) is 11.1 Å². The van der Waals surface area contributed by atoms with Crippen LogP contribution in [-0.4, -0.2) is 22.1 Å². The van der Waals surface area contributed by atoms with Crippen LogP contribution in [-0.2, 0) is 18.3 Å². The van der Waals surface area contributed by atoms with Gasteiger partial charge in [-0.2, -0.15) is 0 Å². The van der Waals surface area contributed by atoms with Crippen LogP contribution in [0.4, 0.5) is 0 Å². The number of aryl methyl sites for hydroxylation is 1. The van der Waals surface area contributed by atoms with E-state index in [-0.39, 0.29) is 5.91 Å². The molecule has 1 aromatic heterocycles. The monoisotopic (exact) mass is 348 g/mol. The first-order chi connectivity index (χ1) is 12.6. The van der Waals surface area contributed by atoms with Gasteiger partial charge in [-0.15, -0.1) is 0 Å². The first-order valence-corrected chi connectivity index (χ1v) is 8.84. The quantitative estimate of drug-likeness (QED) is 0.687. The molecule has 0 spiro atoms. The summed E-state index contributed by atoms with van der Waals surface area (Å²) >= 11 is 0. The second kappa shape index (κ2) is 8.50. The van der Waals surface area contributed by atoms with Crippen LogP contribution in [0.3, 0.4) is 0 Å². The van der Waals surface area contributed by atoms with Crippen molar-refractivity contribution in [2.45, 2.75) is 18.9 Å². The van der Waals surface area contributed by atoms with Gasteiger partial charge in [0.1, 0.15) is 0 Å². The van der Waals surface area contributed by atoms with Gasteiger partial charge in [-0.25, -0.2) is 0 Å². The third-order valence-corrected chi connectivity index (χ3v) is 4.49. The van der Waals surface area contributed by atoms with Gasteiger partial charge < -0.3 is 15.0 Å². The average Bonchev–Trinajstić information content (AvgIpc) is 3.09. The molecule has 26 heavy (non-hydrogen) atoms. The zero-order valence-electron chi connectivity index (χ0n) is 14.9. The van der Waals surface area contributed by atoms with E-state index in [4.69, 9.17) is 0 Å². The van der Waals surface area contributed by atoms with E-state index in [0.717, 1.165) is 22.4 Å². The van der Waals surface area contributed by atoms with E-state index < -0.39 is 6.10 Å². The van der Waals surface area contributed by atoms with Gasteiger partial charge in [-0.1, -0.05) is 54.6 Å². The van der Waals surface area contributed by atoms with Crippen molar-refractivity contribution in [2.75, 3.05) is 6.54 Å². The Bertz CT molecular complexity index is 838. The van der Waals surface area contributed by atoms with Crippen LogP contribution in [0.25, 0.3) is 11.1 Å². The molecule has 0 fully saturated rings. The van der Waals surface area contributed by atoms with Crippen LogP contribution in [0.15, 0.2) is 72.9 Å². The van der Waals surface area contributed by atoms with E-state index in [9.17, 15) is 9.90 Å². The third kappa shape index (κ3) is 4.61. The molecule has 0 saturated carbocycles. The van der Waals surface area contributed by atoms with Crippen molar-refractivity contribution < 1.29 is 9.90 Å². The van der Waals surface area contributed by atoms with Gasteiger partial charge in [0.15, 0.2) is 0 Å². The van der Waals surface area contributed by atoms with E-state index >= 15 is 0 Å². The van der Waals surface area contributed by atoms with Crippen LogP contribution in [0, 0.1) is 0 Å². The molecule has 1 heterocycles. The van der Waals surface area contributed by atoms with Gasteiger partial charge in [0.05, 0.1) is 12.5 Å². The number of aliphatic hydroxyl groups excluding tert-OH is 1. The zero-order valence-corrected chi connectivity index (χ0v) is 14.9. The van der Waals surface area contributed by atoms with Crippen molar-refractivity contribution >= 4 is 5.91 Å². The van der Waals surface area contributed by atoms with Gasteiger partial charge in [0.25, 0.3) is 0 Å². The Balaban J connectivity index is 1.47. The van der Waals surface area contributed by atoms with Gasteiger partial charge in [0.2, 0.25) is 5.91 Å². The van der Waals surface area contributed by atoms with Crippen LogP contribution >= 0.6 is 0 Å². The zero-order chi connectivity index (χ0) is 18.4. The lowest BCUT2D eigenvalue weighted by Gasteiger charge is -2.12. The second-order valence-corrected chi connectivity index (χ2v) is 6.44. The maximum absolute atomic E-state index is 12.1. The predicted octanol–water partition coefficient (Wildman–Crippen LogP) is 3.47. The van der Waals surface area contributed by atoms with Crippen LogP contribution in [0.2, 0.25) is 0 Å². The molecular formula is C22H24N2O2. The van der Waals surface area contributed by atoms with E-state index in [1.54, 1.807) is 0 Å². The molecule has 0 bridgehead atoms. The van der Waals surface area contributed by atoms with E-state index in [1.807, 2.05) is 72.4 Å². The molecule has 2 N–H and O–H groups in total. The highest BCUT2D eigenvalue weighted by Gasteiger charge is 2.11. The molecule has 1 amide bonds. The van der Waals surface area contributed by atoms with E-state index in [2.05, 4.69) is 17.4 Å². The Morgan fingerprint density at radius 1 is 1.00 bits per heavy atom. The van der Waals surface area contributed by atoms with Gasteiger partial charge in [0, 0.05) is 25.5 Å². The smallest absolute Gasteiger partial charge is 0.224 e. The molecule has 1 atom stereocenters.